The summed E-state index contributed by atoms with van der Waals surface area (Å²) in [7, 11) is 1.92. The van der Waals surface area contributed by atoms with Crippen LogP contribution in [0.2, 0.25) is 0 Å². The van der Waals surface area contributed by atoms with Crippen molar-refractivity contribution in [3.05, 3.63) is 35.9 Å². The highest BCUT2D eigenvalue weighted by molar-refractivity contribution is 14.0. The molecule has 0 fully saturated rings. The fourth-order valence-corrected chi connectivity index (χ4v) is 2.54. The largest absolute Gasteiger partial charge is 0.357 e. The van der Waals surface area contributed by atoms with Crippen molar-refractivity contribution < 1.29 is 4.79 Å². The molecular weight excluding hydrogens is 427 g/mol. The predicted molar refractivity (Wildman–Crippen MR) is 117 cm³/mol. The van der Waals surface area contributed by atoms with E-state index in [4.69, 9.17) is 0 Å². The first-order valence-corrected chi connectivity index (χ1v) is 8.93. The molecule has 0 spiro atoms. The van der Waals surface area contributed by atoms with E-state index in [2.05, 4.69) is 34.6 Å². The van der Waals surface area contributed by atoms with Crippen molar-refractivity contribution in [2.45, 2.75) is 33.6 Å². The van der Waals surface area contributed by atoms with Crippen molar-refractivity contribution in [2.75, 3.05) is 39.8 Å². The van der Waals surface area contributed by atoms with Crippen LogP contribution in [0.1, 0.15) is 32.8 Å². The maximum absolute atomic E-state index is 12.2. The smallest absolute Gasteiger partial charge is 0.242 e. The Hall–Kier alpha value is -1.31. The Balaban J connectivity index is 0.00000576. The summed E-state index contributed by atoms with van der Waals surface area (Å²) >= 11 is 0. The monoisotopic (exact) mass is 460 g/mol. The van der Waals surface area contributed by atoms with Crippen molar-refractivity contribution in [2.24, 2.45) is 4.99 Å². The number of carbonyl (C=O) groups is 1. The van der Waals surface area contributed by atoms with Gasteiger partial charge in [0.05, 0.1) is 6.54 Å². The molecule has 0 bridgehead atoms. The summed E-state index contributed by atoms with van der Waals surface area (Å²) < 4.78 is 0. The number of aryl methyl sites for hydroxylation is 1. The highest BCUT2D eigenvalue weighted by Crippen LogP contribution is 2.02. The summed E-state index contributed by atoms with van der Waals surface area (Å²) in [5.74, 6) is 0.934. The van der Waals surface area contributed by atoms with Gasteiger partial charge in [-0.25, -0.2) is 0 Å². The summed E-state index contributed by atoms with van der Waals surface area (Å²) in [6.07, 6.45) is 2.02. The van der Waals surface area contributed by atoms with Crippen LogP contribution in [-0.2, 0) is 11.2 Å². The van der Waals surface area contributed by atoms with Crippen LogP contribution in [-0.4, -0.2) is 61.4 Å². The zero-order valence-electron chi connectivity index (χ0n) is 16.0. The van der Waals surface area contributed by atoms with E-state index in [1.165, 1.54) is 5.56 Å². The van der Waals surface area contributed by atoms with Crippen LogP contribution in [0.15, 0.2) is 35.3 Å². The number of guanidine groups is 1. The van der Waals surface area contributed by atoms with Gasteiger partial charge in [-0.05, 0) is 39.2 Å². The normalized spacial score (nSPS) is 10.8. The second-order valence-corrected chi connectivity index (χ2v) is 5.75. The highest BCUT2D eigenvalue weighted by Gasteiger charge is 2.14. The Labute approximate surface area is 169 Å². The van der Waals surface area contributed by atoms with Crippen LogP contribution >= 0.6 is 24.0 Å². The van der Waals surface area contributed by atoms with E-state index in [0.29, 0.717) is 6.54 Å². The van der Waals surface area contributed by atoms with Gasteiger partial charge >= 0.3 is 0 Å². The predicted octanol–water partition coefficient (Wildman–Crippen LogP) is 3.00. The van der Waals surface area contributed by atoms with Crippen molar-refractivity contribution in [3.8, 4) is 0 Å². The Morgan fingerprint density at radius 1 is 1.12 bits per heavy atom. The summed E-state index contributed by atoms with van der Waals surface area (Å²) in [6, 6.07) is 10.4. The van der Waals surface area contributed by atoms with Gasteiger partial charge in [0.15, 0.2) is 5.96 Å². The third-order valence-corrected chi connectivity index (χ3v) is 3.91. The van der Waals surface area contributed by atoms with Gasteiger partial charge in [-0.1, -0.05) is 30.3 Å². The molecule has 0 aliphatic rings. The molecule has 0 atom stereocenters. The first kappa shape index (κ1) is 23.7. The Morgan fingerprint density at radius 2 is 1.76 bits per heavy atom. The van der Waals surface area contributed by atoms with Gasteiger partial charge in [0, 0.05) is 33.2 Å². The Kier molecular flexibility index (Phi) is 13.2. The quantitative estimate of drug-likeness (QED) is 0.267. The first-order valence-electron chi connectivity index (χ1n) is 8.93. The molecule has 1 N–H and O–H groups in total. The fourth-order valence-electron chi connectivity index (χ4n) is 2.54. The highest BCUT2D eigenvalue weighted by atomic mass is 127. The lowest BCUT2D eigenvalue weighted by Gasteiger charge is -2.25. The summed E-state index contributed by atoms with van der Waals surface area (Å²) in [5, 5.41) is 3.27. The molecule has 1 rings (SSSR count). The minimum atomic E-state index is 0. The lowest BCUT2D eigenvalue weighted by molar-refractivity contribution is -0.131. The number of amides is 1. The Bertz CT molecular complexity index is 503. The molecule has 0 saturated carbocycles. The van der Waals surface area contributed by atoms with Crippen LogP contribution in [0, 0.1) is 0 Å². The molecule has 0 aromatic heterocycles. The lowest BCUT2D eigenvalue weighted by Crippen LogP contribution is -2.45. The topological polar surface area (TPSA) is 47.9 Å². The van der Waals surface area contributed by atoms with E-state index in [1.807, 2.05) is 43.7 Å². The number of carbonyl (C=O) groups excluding carboxylic acids is 1. The van der Waals surface area contributed by atoms with Crippen LogP contribution in [0.5, 0.6) is 0 Å². The standard InChI is InChI=1S/C19H32N4O.HI/c1-5-20-19(22(4)16-18(24)23(6-2)7-3)21-15-11-14-17-12-9-8-10-13-17;/h8-10,12-13H,5-7,11,14-16H2,1-4H3,(H,20,21);1H. The number of rotatable bonds is 9. The maximum atomic E-state index is 12.2. The van der Waals surface area contributed by atoms with Gasteiger partial charge in [0.1, 0.15) is 0 Å². The molecule has 0 radical (unpaired) electrons. The fraction of sp³-hybridized carbons (Fsp3) is 0.579. The van der Waals surface area contributed by atoms with Gasteiger partial charge < -0.3 is 15.1 Å². The SMILES string of the molecule is CCNC(=NCCCc1ccccc1)N(C)CC(=O)N(CC)CC.I. The zero-order valence-corrected chi connectivity index (χ0v) is 18.3. The molecule has 1 amide bonds. The first-order chi connectivity index (χ1) is 11.6. The third kappa shape index (κ3) is 9.09. The zero-order chi connectivity index (χ0) is 17.8. The average Bonchev–Trinajstić information content (AvgIpc) is 2.59. The molecule has 1 aromatic carbocycles. The number of hydrogen-bond donors (Lipinski definition) is 1. The van der Waals surface area contributed by atoms with Crippen LogP contribution < -0.4 is 5.32 Å². The summed E-state index contributed by atoms with van der Waals surface area (Å²) in [4.78, 5) is 20.6. The van der Waals surface area contributed by atoms with E-state index in [1.54, 1.807) is 0 Å². The van der Waals surface area contributed by atoms with E-state index >= 15 is 0 Å². The number of benzene rings is 1. The number of nitrogens with one attached hydrogen (secondary N) is 1. The van der Waals surface area contributed by atoms with E-state index in [-0.39, 0.29) is 29.9 Å². The molecule has 142 valence electrons. The molecule has 0 aliphatic heterocycles. The molecule has 0 aliphatic carbocycles. The lowest BCUT2D eigenvalue weighted by atomic mass is 10.1. The molecule has 6 heteroatoms. The van der Waals surface area contributed by atoms with E-state index in [9.17, 15) is 4.79 Å². The van der Waals surface area contributed by atoms with Gasteiger partial charge in [0.2, 0.25) is 5.91 Å². The summed E-state index contributed by atoms with van der Waals surface area (Å²) in [5.41, 5.74) is 1.34. The average molecular weight is 460 g/mol. The number of hydrogen-bond acceptors (Lipinski definition) is 2. The Morgan fingerprint density at radius 3 is 2.32 bits per heavy atom. The van der Waals surface area contributed by atoms with Crippen LogP contribution in [0.3, 0.4) is 0 Å². The van der Waals surface area contributed by atoms with Gasteiger partial charge in [0.25, 0.3) is 0 Å². The second kappa shape index (κ2) is 13.9. The number of likely N-dealkylation sites (N-methyl/N-ethyl adjacent to an activating group) is 2. The third-order valence-electron chi connectivity index (χ3n) is 3.91. The van der Waals surface area contributed by atoms with Crippen LogP contribution in [0.25, 0.3) is 0 Å². The number of halogens is 1. The molecule has 1 aromatic rings. The molecule has 5 nitrogen and oxygen atoms in total. The van der Waals surface area contributed by atoms with E-state index in [0.717, 1.165) is 45.0 Å². The molecule has 0 unspecified atom stereocenters. The summed E-state index contributed by atoms with van der Waals surface area (Å²) in [6.45, 7) is 9.44. The van der Waals surface area contributed by atoms with Crippen molar-refractivity contribution >= 4 is 35.8 Å². The van der Waals surface area contributed by atoms with E-state index < -0.39 is 0 Å². The minimum absolute atomic E-state index is 0. The van der Waals surface area contributed by atoms with Crippen LogP contribution in [0.4, 0.5) is 0 Å². The molecule has 25 heavy (non-hydrogen) atoms. The molecule has 0 saturated heterocycles. The van der Waals surface area contributed by atoms with Gasteiger partial charge in [-0.15, -0.1) is 24.0 Å². The molecule has 0 heterocycles. The van der Waals surface area contributed by atoms with Crippen molar-refractivity contribution in [1.82, 2.24) is 15.1 Å². The minimum Gasteiger partial charge on any atom is -0.357 e. The van der Waals surface area contributed by atoms with Gasteiger partial charge in [-0.3, -0.25) is 9.79 Å². The number of nitrogens with zero attached hydrogens (tertiary/aromatic N) is 3. The maximum Gasteiger partial charge on any atom is 0.242 e. The number of aliphatic imine (C=N–C) groups is 1. The molecular formula is C19H33IN4O. The van der Waals surface area contributed by atoms with Crippen molar-refractivity contribution in [3.63, 3.8) is 0 Å². The van der Waals surface area contributed by atoms with Gasteiger partial charge in [-0.2, -0.15) is 0 Å². The van der Waals surface area contributed by atoms with Crippen molar-refractivity contribution in [1.29, 1.82) is 0 Å². The second-order valence-electron chi connectivity index (χ2n) is 5.75.